The SMILES string of the molecule is Cc1ccnc(S(=O)(=O)C2CCNC2)n1.Cl. The van der Waals surface area contributed by atoms with Crippen LogP contribution in [-0.2, 0) is 9.84 Å². The molecule has 1 aliphatic heterocycles. The predicted molar refractivity (Wildman–Crippen MR) is 62.5 cm³/mol. The molecule has 0 aliphatic carbocycles. The minimum Gasteiger partial charge on any atom is -0.315 e. The fourth-order valence-corrected chi connectivity index (χ4v) is 3.15. The first-order chi connectivity index (χ1) is 7.10. The summed E-state index contributed by atoms with van der Waals surface area (Å²) >= 11 is 0. The highest BCUT2D eigenvalue weighted by Crippen LogP contribution is 2.16. The molecule has 0 saturated carbocycles. The van der Waals surface area contributed by atoms with E-state index in [1.54, 1.807) is 13.0 Å². The monoisotopic (exact) mass is 263 g/mol. The molecule has 0 amide bonds. The van der Waals surface area contributed by atoms with E-state index < -0.39 is 9.84 Å². The van der Waals surface area contributed by atoms with E-state index in [1.165, 1.54) is 6.20 Å². The second-order valence-electron chi connectivity index (χ2n) is 3.64. The molecule has 0 bridgehead atoms. The molecule has 1 N–H and O–H groups in total. The largest absolute Gasteiger partial charge is 0.315 e. The van der Waals surface area contributed by atoms with Gasteiger partial charge in [-0.05, 0) is 26.0 Å². The number of aromatic nitrogens is 2. The highest BCUT2D eigenvalue weighted by atomic mass is 35.5. The van der Waals surface area contributed by atoms with Gasteiger partial charge in [-0.15, -0.1) is 12.4 Å². The molecular weight excluding hydrogens is 250 g/mol. The fourth-order valence-electron chi connectivity index (χ4n) is 1.61. The maximum absolute atomic E-state index is 12.0. The van der Waals surface area contributed by atoms with Crippen molar-refractivity contribution in [3.63, 3.8) is 0 Å². The van der Waals surface area contributed by atoms with Crippen LogP contribution in [0, 0.1) is 6.92 Å². The summed E-state index contributed by atoms with van der Waals surface area (Å²) < 4.78 is 24.0. The zero-order valence-corrected chi connectivity index (χ0v) is 10.5. The van der Waals surface area contributed by atoms with Gasteiger partial charge >= 0.3 is 0 Å². The molecule has 1 aliphatic rings. The van der Waals surface area contributed by atoms with Gasteiger partial charge in [0, 0.05) is 18.4 Å². The average molecular weight is 264 g/mol. The number of hydrogen-bond donors (Lipinski definition) is 1. The summed E-state index contributed by atoms with van der Waals surface area (Å²) in [5.74, 6) is 0. The summed E-state index contributed by atoms with van der Waals surface area (Å²) in [6, 6.07) is 1.69. The molecule has 1 unspecified atom stereocenters. The lowest BCUT2D eigenvalue weighted by Gasteiger charge is -2.08. The van der Waals surface area contributed by atoms with Gasteiger partial charge in [0.15, 0.2) is 0 Å². The number of nitrogens with zero attached hydrogens (tertiary/aromatic N) is 2. The molecule has 0 aromatic carbocycles. The quantitative estimate of drug-likeness (QED) is 0.780. The third kappa shape index (κ3) is 2.50. The van der Waals surface area contributed by atoms with Crippen molar-refractivity contribution in [1.29, 1.82) is 0 Å². The Morgan fingerprint density at radius 1 is 1.50 bits per heavy atom. The smallest absolute Gasteiger partial charge is 0.247 e. The Hall–Kier alpha value is -0.720. The van der Waals surface area contributed by atoms with Gasteiger partial charge in [-0.1, -0.05) is 0 Å². The van der Waals surface area contributed by atoms with Crippen molar-refractivity contribution in [2.24, 2.45) is 0 Å². The maximum Gasteiger partial charge on any atom is 0.247 e. The number of nitrogens with one attached hydrogen (secondary N) is 1. The Kier molecular flexibility index (Phi) is 4.23. The molecule has 16 heavy (non-hydrogen) atoms. The van der Waals surface area contributed by atoms with E-state index in [0.717, 1.165) is 6.54 Å². The van der Waals surface area contributed by atoms with Crippen LogP contribution in [0.15, 0.2) is 17.4 Å². The van der Waals surface area contributed by atoms with Gasteiger partial charge in [0.1, 0.15) is 0 Å². The Morgan fingerprint density at radius 2 is 2.25 bits per heavy atom. The van der Waals surface area contributed by atoms with Crippen molar-refractivity contribution in [3.8, 4) is 0 Å². The molecule has 0 spiro atoms. The Bertz CT molecular complexity index is 458. The van der Waals surface area contributed by atoms with Crippen molar-refractivity contribution >= 4 is 22.2 Å². The van der Waals surface area contributed by atoms with Gasteiger partial charge in [-0.2, -0.15) is 0 Å². The van der Waals surface area contributed by atoms with Gasteiger partial charge in [-0.3, -0.25) is 0 Å². The average Bonchev–Trinajstić information content (AvgIpc) is 2.71. The maximum atomic E-state index is 12.0. The van der Waals surface area contributed by atoms with Crippen LogP contribution in [0.2, 0.25) is 0 Å². The second kappa shape index (κ2) is 5.07. The molecule has 1 atom stereocenters. The highest BCUT2D eigenvalue weighted by Gasteiger charge is 2.32. The number of halogens is 1. The summed E-state index contributed by atoms with van der Waals surface area (Å²) in [5, 5.41) is 2.61. The van der Waals surface area contributed by atoms with Crippen molar-refractivity contribution in [3.05, 3.63) is 18.0 Å². The normalized spacial score (nSPS) is 20.4. The van der Waals surface area contributed by atoms with Crippen molar-refractivity contribution in [2.75, 3.05) is 13.1 Å². The van der Waals surface area contributed by atoms with E-state index in [9.17, 15) is 8.42 Å². The van der Waals surface area contributed by atoms with Crippen LogP contribution in [0.4, 0.5) is 0 Å². The lowest BCUT2D eigenvalue weighted by molar-refractivity contribution is 0.573. The first-order valence-electron chi connectivity index (χ1n) is 4.85. The van der Waals surface area contributed by atoms with E-state index in [0.29, 0.717) is 18.7 Å². The molecule has 1 fully saturated rings. The first kappa shape index (κ1) is 13.3. The zero-order chi connectivity index (χ0) is 10.9. The molecular formula is C9H14ClN3O2S. The second-order valence-corrected chi connectivity index (χ2v) is 5.76. The third-order valence-corrected chi connectivity index (χ3v) is 4.47. The van der Waals surface area contributed by atoms with E-state index in [2.05, 4.69) is 15.3 Å². The molecule has 2 rings (SSSR count). The van der Waals surface area contributed by atoms with Gasteiger partial charge in [-0.25, -0.2) is 18.4 Å². The van der Waals surface area contributed by atoms with Gasteiger partial charge in [0.2, 0.25) is 15.0 Å². The molecule has 2 heterocycles. The van der Waals surface area contributed by atoms with Crippen molar-refractivity contribution in [2.45, 2.75) is 23.8 Å². The standard InChI is InChI=1S/C9H13N3O2S.ClH/c1-7-2-5-11-9(12-7)15(13,14)8-3-4-10-6-8;/h2,5,8,10H,3-4,6H2,1H3;1H. The Labute approximate surface area is 101 Å². The molecule has 1 saturated heterocycles. The summed E-state index contributed by atoms with van der Waals surface area (Å²) in [6.07, 6.45) is 2.12. The predicted octanol–water partition coefficient (Wildman–Crippen LogP) is 0.342. The fraction of sp³-hybridized carbons (Fsp3) is 0.556. The van der Waals surface area contributed by atoms with E-state index in [-0.39, 0.29) is 22.8 Å². The number of sulfone groups is 1. The topological polar surface area (TPSA) is 72.0 Å². The lowest BCUT2D eigenvalue weighted by atomic mass is 10.4. The van der Waals surface area contributed by atoms with Crippen LogP contribution in [0.25, 0.3) is 0 Å². The van der Waals surface area contributed by atoms with Crippen LogP contribution in [0.1, 0.15) is 12.1 Å². The molecule has 90 valence electrons. The van der Waals surface area contributed by atoms with Crippen LogP contribution in [0.3, 0.4) is 0 Å². The number of aryl methyl sites for hydroxylation is 1. The molecule has 1 aromatic heterocycles. The minimum absolute atomic E-state index is 0. The van der Waals surface area contributed by atoms with E-state index in [4.69, 9.17) is 0 Å². The highest BCUT2D eigenvalue weighted by molar-refractivity contribution is 7.91. The third-order valence-electron chi connectivity index (χ3n) is 2.48. The van der Waals surface area contributed by atoms with Crippen LogP contribution in [-0.4, -0.2) is 36.7 Å². The van der Waals surface area contributed by atoms with Crippen molar-refractivity contribution < 1.29 is 8.42 Å². The lowest BCUT2D eigenvalue weighted by Crippen LogP contribution is -2.25. The van der Waals surface area contributed by atoms with Crippen LogP contribution in [0.5, 0.6) is 0 Å². The molecule has 7 heteroatoms. The summed E-state index contributed by atoms with van der Waals surface area (Å²) in [5.41, 5.74) is 0.675. The molecule has 0 radical (unpaired) electrons. The van der Waals surface area contributed by atoms with Crippen molar-refractivity contribution in [1.82, 2.24) is 15.3 Å². The first-order valence-corrected chi connectivity index (χ1v) is 6.39. The van der Waals surface area contributed by atoms with Gasteiger partial charge in [0.25, 0.3) is 0 Å². The van der Waals surface area contributed by atoms with Crippen LogP contribution >= 0.6 is 12.4 Å². The van der Waals surface area contributed by atoms with Gasteiger partial charge in [0.05, 0.1) is 5.25 Å². The zero-order valence-electron chi connectivity index (χ0n) is 8.88. The number of rotatable bonds is 2. The summed E-state index contributed by atoms with van der Waals surface area (Å²) in [7, 11) is -3.35. The molecule has 5 nitrogen and oxygen atoms in total. The summed E-state index contributed by atoms with van der Waals surface area (Å²) in [6.45, 7) is 3.00. The summed E-state index contributed by atoms with van der Waals surface area (Å²) in [4.78, 5) is 7.79. The Balaban J connectivity index is 0.00000128. The number of hydrogen-bond acceptors (Lipinski definition) is 5. The van der Waals surface area contributed by atoms with Crippen LogP contribution < -0.4 is 5.32 Å². The van der Waals surface area contributed by atoms with Gasteiger partial charge < -0.3 is 5.32 Å². The minimum atomic E-state index is -3.35. The molecule has 1 aromatic rings. The van der Waals surface area contributed by atoms with E-state index >= 15 is 0 Å². The van der Waals surface area contributed by atoms with E-state index in [1.807, 2.05) is 0 Å². The Morgan fingerprint density at radius 3 is 2.81 bits per heavy atom.